The Balaban J connectivity index is 1.29. The van der Waals surface area contributed by atoms with Crippen molar-refractivity contribution in [2.45, 2.75) is 62.6 Å². The Morgan fingerprint density at radius 1 is 0.979 bits per heavy atom. The first-order valence-electron chi connectivity index (χ1n) is 16.6. The summed E-state index contributed by atoms with van der Waals surface area (Å²) in [5.41, 5.74) is 7.71. The van der Waals surface area contributed by atoms with Crippen LogP contribution < -0.4 is 9.47 Å². The van der Waals surface area contributed by atoms with Gasteiger partial charge in [-0.2, -0.15) is 4.57 Å². The van der Waals surface area contributed by atoms with Crippen LogP contribution in [-0.4, -0.2) is 42.5 Å². The normalized spacial score (nSPS) is 18.5. The number of hydrogen-bond acceptors (Lipinski definition) is 7. The van der Waals surface area contributed by atoms with Crippen molar-refractivity contribution in [3.8, 4) is 0 Å². The fourth-order valence-electron chi connectivity index (χ4n) is 6.54. The number of ether oxygens (including phenoxy) is 1. The summed E-state index contributed by atoms with van der Waals surface area (Å²) in [5.74, 6) is 0.125. The summed E-state index contributed by atoms with van der Waals surface area (Å²) < 4.78 is 9.28. The number of thioether (sulfide) groups is 2. The third kappa shape index (κ3) is 7.03. The topological polar surface area (TPSA) is 53.7 Å². The molecule has 4 aromatic rings. The van der Waals surface area contributed by atoms with E-state index >= 15 is 0 Å². The van der Waals surface area contributed by atoms with E-state index in [9.17, 15) is 9.90 Å². The van der Waals surface area contributed by atoms with Crippen LogP contribution in [0.1, 0.15) is 53.8 Å². The number of fused-ring (bicyclic) bond motifs is 2. The minimum Gasteiger partial charge on any atom is -0.394 e. The number of aryl methyl sites for hydroxylation is 2. The molecule has 242 valence electrons. The predicted octanol–water partition coefficient (Wildman–Crippen LogP) is 8.60. The smallest absolute Gasteiger partial charge is 0.263 e. The molecule has 1 aromatic heterocycles. The van der Waals surface area contributed by atoms with Crippen LogP contribution in [-0.2, 0) is 16.1 Å². The Kier molecular flexibility index (Phi) is 10.0. The molecule has 0 unspecified atom stereocenters. The second-order valence-corrected chi connectivity index (χ2v) is 16.0. The number of Topliss-reactive ketones (excluding diaryl/α,β-unsaturated/α-hetero) is 1. The summed E-state index contributed by atoms with van der Waals surface area (Å²) in [7, 11) is 0. The van der Waals surface area contributed by atoms with Crippen molar-refractivity contribution in [1.82, 2.24) is 0 Å². The highest BCUT2D eigenvalue weighted by Gasteiger charge is 2.38. The van der Waals surface area contributed by atoms with Crippen molar-refractivity contribution in [1.29, 1.82) is 0 Å². The number of thiazole rings is 1. The minimum absolute atomic E-state index is 0.0102. The van der Waals surface area contributed by atoms with Gasteiger partial charge in [0.05, 0.1) is 30.5 Å². The number of ketones is 1. The average molecular weight is 682 g/mol. The van der Waals surface area contributed by atoms with Gasteiger partial charge in [-0.25, -0.2) is 0 Å². The Morgan fingerprint density at radius 3 is 2.57 bits per heavy atom. The molecule has 1 saturated carbocycles. The number of aliphatic hydroxyl groups excluding tert-OH is 1. The van der Waals surface area contributed by atoms with Gasteiger partial charge in [0, 0.05) is 50.4 Å². The molecule has 47 heavy (non-hydrogen) atoms. The SMILES string of the molecule is Cc1ccc2c(c1)S/C(=C/C1=C(SC3CCCCC3)C(=C\c3sc4cc(C)ccc4[n+]3Cc3ccccc3)/C1=O)N2CCOCCO. The maximum absolute atomic E-state index is 14.2. The molecule has 0 amide bonds. The molecule has 7 rings (SSSR count). The molecule has 0 spiro atoms. The molecule has 3 aliphatic rings. The average Bonchev–Trinajstić information content (AvgIpc) is 3.60. The maximum Gasteiger partial charge on any atom is 0.263 e. The van der Waals surface area contributed by atoms with E-state index in [1.807, 2.05) is 11.8 Å². The summed E-state index contributed by atoms with van der Waals surface area (Å²) in [6.07, 6.45) is 10.5. The molecule has 2 heterocycles. The fraction of sp³-hybridized carbons (Fsp3) is 0.333. The lowest BCUT2D eigenvalue weighted by Crippen LogP contribution is -2.36. The Hall–Kier alpha value is -3.14. The molecule has 3 aromatic carbocycles. The zero-order valence-electron chi connectivity index (χ0n) is 27.0. The number of benzene rings is 3. The van der Waals surface area contributed by atoms with Crippen LogP contribution in [0.5, 0.6) is 0 Å². The molecule has 1 fully saturated rings. The molecule has 1 N–H and O–H groups in total. The van der Waals surface area contributed by atoms with Crippen molar-refractivity contribution in [2.75, 3.05) is 31.3 Å². The van der Waals surface area contributed by atoms with Gasteiger partial charge in [-0.05, 0) is 62.1 Å². The molecule has 5 nitrogen and oxygen atoms in total. The third-order valence-corrected chi connectivity index (χ3v) is 12.7. The zero-order valence-corrected chi connectivity index (χ0v) is 29.5. The zero-order chi connectivity index (χ0) is 32.3. The predicted molar refractivity (Wildman–Crippen MR) is 197 cm³/mol. The number of rotatable bonds is 11. The summed E-state index contributed by atoms with van der Waals surface area (Å²) in [6, 6.07) is 23.7. The van der Waals surface area contributed by atoms with E-state index in [2.05, 4.69) is 102 Å². The van der Waals surface area contributed by atoms with Crippen molar-refractivity contribution in [3.63, 3.8) is 0 Å². The van der Waals surface area contributed by atoms with Crippen LogP contribution in [0.2, 0.25) is 0 Å². The van der Waals surface area contributed by atoms with E-state index in [1.54, 1.807) is 23.1 Å². The van der Waals surface area contributed by atoms with Gasteiger partial charge in [0.25, 0.3) is 5.01 Å². The third-order valence-electron chi connectivity index (χ3n) is 9.00. The van der Waals surface area contributed by atoms with E-state index < -0.39 is 0 Å². The van der Waals surface area contributed by atoms with Crippen molar-refractivity contribution < 1.29 is 19.2 Å². The highest BCUT2D eigenvalue weighted by atomic mass is 32.2. The van der Waals surface area contributed by atoms with E-state index in [4.69, 9.17) is 4.74 Å². The number of anilines is 1. The number of carbonyl (C=O) groups is 1. The fourth-order valence-corrected chi connectivity index (χ4v) is 10.4. The number of aliphatic hydroxyl groups is 1. The number of nitrogens with zero attached hydrogens (tertiary/aromatic N) is 2. The quantitative estimate of drug-likeness (QED) is 0.0973. The van der Waals surface area contributed by atoms with Gasteiger partial charge in [-0.3, -0.25) is 4.79 Å². The van der Waals surface area contributed by atoms with E-state index in [0.717, 1.165) is 38.3 Å². The first-order chi connectivity index (χ1) is 23.0. The Labute approximate surface area is 290 Å². The highest BCUT2D eigenvalue weighted by molar-refractivity contribution is 8.04. The molecule has 1 aliphatic heterocycles. The molecule has 2 aliphatic carbocycles. The van der Waals surface area contributed by atoms with Crippen LogP contribution in [0, 0.1) is 13.8 Å². The second kappa shape index (κ2) is 14.5. The van der Waals surface area contributed by atoms with Gasteiger partial charge in [0.2, 0.25) is 5.52 Å². The standard InChI is InChI=1S/C39H41N2O3S3/c1-26-13-15-32-34(21-26)46-36(40(32)17-19-44-20-18-42)23-30-38(43)31(39(30)45-29-11-7-4-8-12-29)24-37-41(25-28-9-5-3-6-10-28)33-16-14-27(2)22-35(33)47-37/h3,5-6,9-10,13-16,21-24,29,42H,4,7-8,11-12,17-20,25H2,1-2H3/q+1. The van der Waals surface area contributed by atoms with Gasteiger partial charge in [0.15, 0.2) is 12.3 Å². The van der Waals surface area contributed by atoms with Crippen molar-refractivity contribution >= 4 is 62.6 Å². The number of carbonyl (C=O) groups excluding carboxylic acids is 1. The van der Waals surface area contributed by atoms with Gasteiger partial charge in [-0.1, -0.05) is 84.8 Å². The number of aromatic nitrogens is 1. The number of allylic oxidation sites excluding steroid dienone is 3. The molecule has 8 heteroatoms. The van der Waals surface area contributed by atoms with Gasteiger partial charge < -0.3 is 14.7 Å². The van der Waals surface area contributed by atoms with Gasteiger partial charge >= 0.3 is 0 Å². The van der Waals surface area contributed by atoms with Crippen molar-refractivity contribution in [3.05, 3.63) is 116 Å². The van der Waals surface area contributed by atoms with Crippen LogP contribution in [0.3, 0.4) is 0 Å². The number of hydrogen-bond donors (Lipinski definition) is 1. The molecular weight excluding hydrogens is 641 g/mol. The second-order valence-electron chi connectivity index (χ2n) is 12.5. The Bertz CT molecular complexity index is 1890. The highest BCUT2D eigenvalue weighted by Crippen LogP contribution is 2.50. The minimum atomic E-state index is 0.0102. The molecule has 0 saturated heterocycles. The monoisotopic (exact) mass is 681 g/mol. The Morgan fingerprint density at radius 2 is 1.77 bits per heavy atom. The van der Waals surface area contributed by atoms with Gasteiger partial charge in [0.1, 0.15) is 4.70 Å². The molecule has 0 bridgehead atoms. The lowest BCUT2D eigenvalue weighted by molar-refractivity contribution is -0.659. The van der Waals surface area contributed by atoms with E-state index in [0.29, 0.717) is 25.0 Å². The first-order valence-corrected chi connectivity index (χ1v) is 19.1. The summed E-state index contributed by atoms with van der Waals surface area (Å²) in [6.45, 7) is 6.50. The van der Waals surface area contributed by atoms with Gasteiger partial charge in [-0.15, -0.1) is 11.8 Å². The molecular formula is C39H41N2O3S3+. The van der Waals surface area contributed by atoms with Crippen LogP contribution in [0.15, 0.2) is 98.8 Å². The van der Waals surface area contributed by atoms with E-state index in [1.165, 1.54) is 63.9 Å². The van der Waals surface area contributed by atoms with E-state index in [-0.39, 0.29) is 12.4 Å². The maximum atomic E-state index is 14.2. The molecule has 0 atom stereocenters. The van der Waals surface area contributed by atoms with Crippen LogP contribution in [0.4, 0.5) is 5.69 Å². The summed E-state index contributed by atoms with van der Waals surface area (Å²) >= 11 is 5.42. The largest absolute Gasteiger partial charge is 0.394 e. The molecule has 0 radical (unpaired) electrons. The van der Waals surface area contributed by atoms with Crippen molar-refractivity contribution in [2.24, 2.45) is 0 Å². The van der Waals surface area contributed by atoms with Crippen LogP contribution in [0.25, 0.3) is 16.3 Å². The first kappa shape index (κ1) is 32.4. The van der Waals surface area contributed by atoms with Crippen LogP contribution >= 0.6 is 34.9 Å². The summed E-state index contributed by atoms with van der Waals surface area (Å²) in [4.78, 5) is 18.8. The lowest BCUT2D eigenvalue weighted by atomic mass is 9.89. The lowest BCUT2D eigenvalue weighted by Gasteiger charge is -2.29. The summed E-state index contributed by atoms with van der Waals surface area (Å²) in [5, 5.41) is 11.9.